The Morgan fingerprint density at radius 2 is 1.97 bits per heavy atom. The fourth-order valence-electron chi connectivity index (χ4n) is 4.43. The molecule has 1 aliphatic rings. The number of nitrogens with zero attached hydrogens (tertiary/aromatic N) is 3. The molecule has 0 radical (unpaired) electrons. The Balaban J connectivity index is 1.76. The molecule has 5 rings (SSSR count). The van der Waals surface area contributed by atoms with Crippen LogP contribution < -0.4 is 15.2 Å². The van der Waals surface area contributed by atoms with E-state index in [9.17, 15) is 4.79 Å². The summed E-state index contributed by atoms with van der Waals surface area (Å²) in [4.78, 5) is 14.9. The Morgan fingerprint density at radius 3 is 2.73 bits per heavy atom. The molecule has 2 aromatic carbocycles. The van der Waals surface area contributed by atoms with Crippen LogP contribution in [0.2, 0.25) is 0 Å². The largest absolute Gasteiger partial charge is 0.497 e. The molecule has 4 aromatic rings. The van der Waals surface area contributed by atoms with Crippen molar-refractivity contribution in [2.24, 2.45) is 7.05 Å². The van der Waals surface area contributed by atoms with Crippen LogP contribution in [-0.4, -0.2) is 28.4 Å². The second kappa shape index (κ2) is 7.06. The molecule has 0 saturated heterocycles. The first-order chi connectivity index (χ1) is 14.6. The Labute approximate surface area is 174 Å². The molecule has 0 atom stereocenters. The summed E-state index contributed by atoms with van der Waals surface area (Å²) in [5.41, 5.74) is 7.41. The van der Waals surface area contributed by atoms with Crippen LogP contribution in [0.25, 0.3) is 22.0 Å². The van der Waals surface area contributed by atoms with Gasteiger partial charge in [0.2, 0.25) is 0 Å². The maximum atomic E-state index is 12.5. The van der Waals surface area contributed by atoms with Gasteiger partial charge in [-0.2, -0.15) is 5.10 Å². The standard InChI is InChI=1S/C24H24N4O2/c1-15-9-20-22(27(2)24(15)29)11-19(30-3)12-23(20)28-8-4-5-16-6-7-17(10-21(16)28)18-13-25-26-14-18/h6-7,9-14H,4-5,8H2,1-3H3,(H,25,26). The third kappa shape index (κ3) is 2.87. The van der Waals surface area contributed by atoms with E-state index in [1.165, 1.54) is 11.3 Å². The number of pyridine rings is 1. The average molecular weight is 400 g/mol. The van der Waals surface area contributed by atoms with Crippen molar-refractivity contribution in [3.63, 3.8) is 0 Å². The zero-order valence-corrected chi connectivity index (χ0v) is 17.4. The van der Waals surface area contributed by atoms with Crippen LogP contribution in [0.4, 0.5) is 11.4 Å². The van der Waals surface area contributed by atoms with Crippen molar-refractivity contribution >= 4 is 22.3 Å². The predicted molar refractivity (Wildman–Crippen MR) is 120 cm³/mol. The number of fused-ring (bicyclic) bond motifs is 2. The molecule has 0 aliphatic carbocycles. The van der Waals surface area contributed by atoms with Crippen molar-refractivity contribution < 1.29 is 4.74 Å². The molecular weight excluding hydrogens is 376 g/mol. The highest BCUT2D eigenvalue weighted by Gasteiger charge is 2.22. The lowest BCUT2D eigenvalue weighted by molar-refractivity contribution is 0.415. The normalized spacial score (nSPS) is 13.5. The Morgan fingerprint density at radius 1 is 1.10 bits per heavy atom. The van der Waals surface area contributed by atoms with Gasteiger partial charge in [-0.15, -0.1) is 0 Å². The molecule has 6 nitrogen and oxygen atoms in total. The van der Waals surface area contributed by atoms with E-state index in [0.29, 0.717) is 0 Å². The number of hydrogen-bond donors (Lipinski definition) is 1. The number of benzene rings is 2. The molecule has 0 bridgehead atoms. The summed E-state index contributed by atoms with van der Waals surface area (Å²) in [6.07, 6.45) is 5.88. The number of ether oxygens (including phenoxy) is 1. The van der Waals surface area contributed by atoms with Gasteiger partial charge in [-0.3, -0.25) is 9.89 Å². The smallest absolute Gasteiger partial charge is 0.253 e. The SMILES string of the molecule is COc1cc(N2CCCc3ccc(-c4cn[nH]c4)cc32)c2cc(C)c(=O)n(C)c2c1. The monoisotopic (exact) mass is 400 g/mol. The molecule has 152 valence electrons. The minimum Gasteiger partial charge on any atom is -0.497 e. The number of nitrogens with one attached hydrogen (secondary N) is 1. The molecule has 3 heterocycles. The van der Waals surface area contributed by atoms with E-state index >= 15 is 0 Å². The van der Waals surface area contributed by atoms with Crippen LogP contribution in [0.15, 0.2) is 53.6 Å². The van der Waals surface area contributed by atoms with Gasteiger partial charge < -0.3 is 14.2 Å². The van der Waals surface area contributed by atoms with E-state index in [-0.39, 0.29) is 5.56 Å². The summed E-state index contributed by atoms with van der Waals surface area (Å²) in [6, 6.07) is 12.6. The quantitative estimate of drug-likeness (QED) is 0.556. The first kappa shape index (κ1) is 18.5. The minimum absolute atomic E-state index is 0.0167. The number of aromatic nitrogens is 3. The molecule has 0 fully saturated rings. The zero-order valence-electron chi connectivity index (χ0n) is 17.4. The van der Waals surface area contributed by atoms with Crippen LogP contribution >= 0.6 is 0 Å². The Kier molecular flexibility index (Phi) is 4.35. The van der Waals surface area contributed by atoms with E-state index in [0.717, 1.165) is 58.4 Å². The van der Waals surface area contributed by atoms with Gasteiger partial charge in [0, 0.05) is 54.1 Å². The summed E-state index contributed by atoms with van der Waals surface area (Å²) in [6.45, 7) is 2.78. The van der Waals surface area contributed by atoms with Crippen LogP contribution in [0.3, 0.4) is 0 Å². The van der Waals surface area contributed by atoms with E-state index in [1.54, 1.807) is 11.7 Å². The summed E-state index contributed by atoms with van der Waals surface area (Å²) < 4.78 is 7.31. The highest BCUT2D eigenvalue weighted by atomic mass is 16.5. The number of anilines is 2. The minimum atomic E-state index is 0.0167. The van der Waals surface area contributed by atoms with Crippen LogP contribution in [0.5, 0.6) is 5.75 Å². The first-order valence-electron chi connectivity index (χ1n) is 10.1. The third-order valence-corrected chi connectivity index (χ3v) is 6.04. The van der Waals surface area contributed by atoms with Crippen molar-refractivity contribution in [3.05, 3.63) is 70.3 Å². The fourth-order valence-corrected chi connectivity index (χ4v) is 4.43. The van der Waals surface area contributed by atoms with Gasteiger partial charge in [0.1, 0.15) is 5.75 Å². The maximum Gasteiger partial charge on any atom is 0.253 e. The molecule has 2 aromatic heterocycles. The van der Waals surface area contributed by atoms with Gasteiger partial charge in [0.05, 0.1) is 24.5 Å². The van der Waals surface area contributed by atoms with Crippen molar-refractivity contribution in [3.8, 4) is 16.9 Å². The topological polar surface area (TPSA) is 63.1 Å². The first-order valence-corrected chi connectivity index (χ1v) is 10.1. The summed E-state index contributed by atoms with van der Waals surface area (Å²) >= 11 is 0. The second-order valence-corrected chi connectivity index (χ2v) is 7.86. The summed E-state index contributed by atoms with van der Waals surface area (Å²) in [7, 11) is 3.49. The van der Waals surface area contributed by atoms with Crippen molar-refractivity contribution in [2.75, 3.05) is 18.6 Å². The van der Waals surface area contributed by atoms with Gasteiger partial charge in [0.25, 0.3) is 5.56 Å². The molecule has 1 N–H and O–H groups in total. The van der Waals surface area contributed by atoms with Gasteiger partial charge in [0.15, 0.2) is 0 Å². The zero-order chi connectivity index (χ0) is 20.8. The lowest BCUT2D eigenvalue weighted by atomic mass is 9.96. The molecule has 0 saturated carbocycles. The molecule has 0 amide bonds. The summed E-state index contributed by atoms with van der Waals surface area (Å²) in [5.74, 6) is 0.745. The van der Waals surface area contributed by atoms with E-state index in [1.807, 2.05) is 38.5 Å². The highest BCUT2D eigenvalue weighted by molar-refractivity contribution is 5.96. The lowest BCUT2D eigenvalue weighted by Gasteiger charge is -2.33. The second-order valence-electron chi connectivity index (χ2n) is 7.86. The van der Waals surface area contributed by atoms with Gasteiger partial charge in [-0.05, 0) is 43.0 Å². The Bertz CT molecular complexity index is 1310. The number of rotatable bonds is 3. The predicted octanol–water partition coefficient (Wildman–Crippen LogP) is 4.33. The molecular formula is C24H24N4O2. The number of aromatic amines is 1. The van der Waals surface area contributed by atoms with Gasteiger partial charge >= 0.3 is 0 Å². The lowest BCUT2D eigenvalue weighted by Crippen LogP contribution is -2.26. The van der Waals surface area contributed by atoms with Crippen molar-refractivity contribution in [1.82, 2.24) is 14.8 Å². The Hall–Kier alpha value is -3.54. The molecule has 0 spiro atoms. The molecule has 30 heavy (non-hydrogen) atoms. The van der Waals surface area contributed by atoms with Crippen LogP contribution in [0, 0.1) is 6.92 Å². The van der Waals surface area contributed by atoms with Crippen LogP contribution in [0.1, 0.15) is 17.5 Å². The summed E-state index contributed by atoms with van der Waals surface area (Å²) in [5, 5.41) is 8.04. The number of H-pyrrole nitrogens is 1. The van der Waals surface area contributed by atoms with E-state index < -0.39 is 0 Å². The molecule has 1 aliphatic heterocycles. The van der Waals surface area contributed by atoms with Crippen molar-refractivity contribution in [2.45, 2.75) is 19.8 Å². The maximum absolute atomic E-state index is 12.5. The average Bonchev–Trinajstić information content (AvgIpc) is 3.31. The third-order valence-electron chi connectivity index (χ3n) is 6.04. The fraction of sp³-hybridized carbons (Fsp3) is 0.250. The number of hydrogen-bond acceptors (Lipinski definition) is 4. The number of methoxy groups -OCH3 is 1. The van der Waals surface area contributed by atoms with Crippen molar-refractivity contribution in [1.29, 1.82) is 0 Å². The van der Waals surface area contributed by atoms with E-state index in [4.69, 9.17) is 4.74 Å². The van der Waals surface area contributed by atoms with E-state index in [2.05, 4.69) is 39.4 Å². The van der Waals surface area contributed by atoms with Crippen LogP contribution in [-0.2, 0) is 13.5 Å². The highest BCUT2D eigenvalue weighted by Crippen LogP contribution is 2.41. The molecule has 0 unspecified atom stereocenters. The van der Waals surface area contributed by atoms with Gasteiger partial charge in [-0.1, -0.05) is 12.1 Å². The molecule has 6 heteroatoms. The van der Waals surface area contributed by atoms with Gasteiger partial charge in [-0.25, -0.2) is 0 Å². The number of aryl methyl sites for hydroxylation is 3.